The van der Waals surface area contributed by atoms with Crippen LogP contribution in [0.2, 0.25) is 0 Å². The minimum atomic E-state index is -3.83. The maximum absolute atomic E-state index is 13.2. The summed E-state index contributed by atoms with van der Waals surface area (Å²) in [5, 5.41) is 0. The molecule has 0 saturated carbocycles. The third-order valence-corrected chi connectivity index (χ3v) is 5.27. The SMILES string of the molecule is CN(CC(=O)OCC(=O)c1ccc(F)c(F)c1)C1=NS(=O)(=O)c2ccccc21. The number of sulfonamides is 1. The number of hydrogen-bond acceptors (Lipinski definition) is 6. The van der Waals surface area contributed by atoms with E-state index in [1.165, 1.54) is 18.0 Å². The van der Waals surface area contributed by atoms with Gasteiger partial charge in [0, 0.05) is 18.2 Å². The van der Waals surface area contributed by atoms with Gasteiger partial charge in [-0.3, -0.25) is 9.59 Å². The molecule has 3 rings (SSSR count). The van der Waals surface area contributed by atoms with E-state index in [1.807, 2.05) is 0 Å². The molecular formula is C18H14F2N2O5S. The Kier molecular flexibility index (Phi) is 5.23. The Morgan fingerprint density at radius 2 is 1.82 bits per heavy atom. The maximum atomic E-state index is 13.2. The van der Waals surface area contributed by atoms with Crippen LogP contribution >= 0.6 is 0 Å². The lowest BCUT2D eigenvalue weighted by Crippen LogP contribution is -2.33. The van der Waals surface area contributed by atoms with Gasteiger partial charge in [-0.2, -0.15) is 8.42 Å². The van der Waals surface area contributed by atoms with Crippen molar-refractivity contribution >= 4 is 27.6 Å². The van der Waals surface area contributed by atoms with Gasteiger partial charge in [0.05, 0.1) is 0 Å². The minimum absolute atomic E-state index is 0.0405. The highest BCUT2D eigenvalue weighted by molar-refractivity contribution is 7.90. The van der Waals surface area contributed by atoms with Crippen molar-refractivity contribution in [3.05, 3.63) is 65.2 Å². The summed E-state index contributed by atoms with van der Waals surface area (Å²) in [6.07, 6.45) is 0. The summed E-state index contributed by atoms with van der Waals surface area (Å²) in [6, 6.07) is 8.77. The monoisotopic (exact) mass is 408 g/mol. The summed E-state index contributed by atoms with van der Waals surface area (Å²) in [6.45, 7) is -1.03. The summed E-state index contributed by atoms with van der Waals surface area (Å²) in [4.78, 5) is 25.2. The van der Waals surface area contributed by atoms with E-state index in [1.54, 1.807) is 18.2 Å². The Labute approximate surface area is 159 Å². The molecule has 28 heavy (non-hydrogen) atoms. The van der Waals surface area contributed by atoms with Crippen LogP contribution < -0.4 is 0 Å². The molecule has 2 aromatic rings. The molecule has 0 radical (unpaired) electrons. The molecule has 1 heterocycles. The van der Waals surface area contributed by atoms with Crippen molar-refractivity contribution in [1.29, 1.82) is 0 Å². The molecule has 0 N–H and O–H groups in total. The van der Waals surface area contributed by atoms with E-state index in [4.69, 9.17) is 4.74 Å². The first-order valence-electron chi connectivity index (χ1n) is 7.98. The standard InChI is InChI=1S/C18H14F2N2O5S/c1-22(18-12-4-2-3-5-16(12)28(25,26)21-18)9-17(24)27-10-15(23)11-6-7-13(19)14(20)8-11/h2-8H,9-10H2,1H3. The van der Waals surface area contributed by atoms with E-state index in [2.05, 4.69) is 4.40 Å². The van der Waals surface area contributed by atoms with Crippen LogP contribution in [-0.2, 0) is 19.6 Å². The first-order valence-corrected chi connectivity index (χ1v) is 9.42. The van der Waals surface area contributed by atoms with Gasteiger partial charge in [-0.05, 0) is 30.3 Å². The first kappa shape index (κ1) is 19.6. The number of halogens is 2. The Balaban J connectivity index is 1.62. The number of ketones is 1. The molecule has 0 aliphatic carbocycles. The van der Waals surface area contributed by atoms with Crippen LogP contribution in [0.4, 0.5) is 8.78 Å². The predicted molar refractivity (Wildman–Crippen MR) is 94.4 cm³/mol. The van der Waals surface area contributed by atoms with Gasteiger partial charge in [0.25, 0.3) is 10.0 Å². The van der Waals surface area contributed by atoms with Crippen LogP contribution in [0, 0.1) is 11.6 Å². The molecule has 1 aliphatic heterocycles. The molecule has 0 spiro atoms. The summed E-state index contributed by atoms with van der Waals surface area (Å²) in [5.41, 5.74) is 0.218. The second-order valence-corrected chi connectivity index (χ2v) is 7.53. The van der Waals surface area contributed by atoms with E-state index in [0.29, 0.717) is 11.6 Å². The number of hydrogen-bond donors (Lipinski definition) is 0. The fourth-order valence-electron chi connectivity index (χ4n) is 2.58. The minimum Gasteiger partial charge on any atom is -0.456 e. The van der Waals surface area contributed by atoms with Crippen molar-refractivity contribution < 1.29 is 31.5 Å². The van der Waals surface area contributed by atoms with Crippen molar-refractivity contribution in [2.24, 2.45) is 4.40 Å². The lowest BCUT2D eigenvalue weighted by Gasteiger charge is -2.17. The van der Waals surface area contributed by atoms with Crippen LogP contribution in [0.15, 0.2) is 51.8 Å². The number of Topliss-reactive ketones (excluding diaryl/α,β-unsaturated/α-hetero) is 1. The average Bonchev–Trinajstić information content (AvgIpc) is 2.93. The lowest BCUT2D eigenvalue weighted by molar-refractivity contribution is -0.142. The quantitative estimate of drug-likeness (QED) is 0.553. The van der Waals surface area contributed by atoms with Crippen LogP contribution in [0.1, 0.15) is 15.9 Å². The average molecular weight is 408 g/mol. The summed E-state index contributed by atoms with van der Waals surface area (Å²) >= 11 is 0. The molecule has 0 saturated heterocycles. The van der Waals surface area contributed by atoms with Gasteiger partial charge in [0.1, 0.15) is 11.4 Å². The van der Waals surface area contributed by atoms with Gasteiger partial charge in [0.15, 0.2) is 29.9 Å². The van der Waals surface area contributed by atoms with Gasteiger partial charge < -0.3 is 9.64 Å². The van der Waals surface area contributed by atoms with Crippen LogP contribution in [-0.4, -0.2) is 51.1 Å². The second kappa shape index (κ2) is 7.47. The third kappa shape index (κ3) is 3.91. The van der Waals surface area contributed by atoms with Crippen molar-refractivity contribution in [2.75, 3.05) is 20.2 Å². The van der Waals surface area contributed by atoms with Crippen LogP contribution in [0.3, 0.4) is 0 Å². The van der Waals surface area contributed by atoms with E-state index in [-0.39, 0.29) is 22.8 Å². The first-order chi connectivity index (χ1) is 13.2. The third-order valence-electron chi connectivity index (χ3n) is 3.95. The number of benzene rings is 2. The van der Waals surface area contributed by atoms with Crippen molar-refractivity contribution in [3.63, 3.8) is 0 Å². The topological polar surface area (TPSA) is 93.1 Å². The fourth-order valence-corrected chi connectivity index (χ4v) is 3.83. The summed E-state index contributed by atoms with van der Waals surface area (Å²) in [5.74, 6) is -3.72. The molecule has 10 heteroatoms. The predicted octanol–water partition coefficient (Wildman–Crippen LogP) is 1.77. The zero-order valence-electron chi connectivity index (χ0n) is 14.6. The summed E-state index contributed by atoms with van der Waals surface area (Å²) in [7, 11) is -2.38. The number of ether oxygens (including phenoxy) is 1. The zero-order valence-corrected chi connectivity index (χ0v) is 15.4. The van der Waals surface area contributed by atoms with Gasteiger partial charge in [0.2, 0.25) is 0 Å². The highest BCUT2D eigenvalue weighted by Crippen LogP contribution is 2.26. The summed E-state index contributed by atoms with van der Waals surface area (Å²) < 4.78 is 58.7. The van der Waals surface area contributed by atoms with Crippen LogP contribution in [0.5, 0.6) is 0 Å². The number of rotatable bonds is 5. The normalized spacial score (nSPS) is 14.2. The highest BCUT2D eigenvalue weighted by Gasteiger charge is 2.31. The smallest absolute Gasteiger partial charge is 0.326 e. The number of amidine groups is 1. The second-order valence-electron chi connectivity index (χ2n) is 5.95. The van der Waals surface area contributed by atoms with Crippen molar-refractivity contribution in [3.8, 4) is 0 Å². The van der Waals surface area contributed by atoms with E-state index in [0.717, 1.165) is 12.1 Å². The number of nitrogens with zero attached hydrogens (tertiary/aromatic N) is 2. The number of esters is 1. The molecule has 7 nitrogen and oxygen atoms in total. The lowest BCUT2D eigenvalue weighted by atomic mass is 10.1. The van der Waals surface area contributed by atoms with Gasteiger partial charge in [-0.25, -0.2) is 8.78 Å². The molecule has 0 aromatic heterocycles. The molecule has 0 atom stereocenters. The Morgan fingerprint density at radius 3 is 2.54 bits per heavy atom. The molecule has 0 bridgehead atoms. The number of fused-ring (bicyclic) bond motifs is 1. The Hall–Kier alpha value is -3.14. The van der Waals surface area contributed by atoms with E-state index < -0.39 is 40.0 Å². The molecule has 0 unspecified atom stereocenters. The molecule has 0 fully saturated rings. The van der Waals surface area contributed by atoms with Crippen LogP contribution in [0.25, 0.3) is 0 Å². The molecule has 2 aromatic carbocycles. The van der Waals surface area contributed by atoms with Crippen molar-refractivity contribution in [2.45, 2.75) is 4.90 Å². The highest BCUT2D eigenvalue weighted by atomic mass is 32.2. The number of likely N-dealkylation sites (N-methyl/N-ethyl adjacent to an activating group) is 1. The van der Waals surface area contributed by atoms with Gasteiger partial charge in [-0.15, -0.1) is 4.40 Å². The maximum Gasteiger partial charge on any atom is 0.326 e. The van der Waals surface area contributed by atoms with E-state index in [9.17, 15) is 26.8 Å². The molecule has 0 amide bonds. The number of carbonyl (C=O) groups is 2. The largest absolute Gasteiger partial charge is 0.456 e. The number of carbonyl (C=O) groups excluding carboxylic acids is 2. The fraction of sp³-hybridized carbons (Fsp3) is 0.167. The Bertz CT molecular complexity index is 1100. The Morgan fingerprint density at radius 1 is 1.11 bits per heavy atom. The van der Waals surface area contributed by atoms with Gasteiger partial charge in [-0.1, -0.05) is 12.1 Å². The van der Waals surface area contributed by atoms with Gasteiger partial charge >= 0.3 is 5.97 Å². The van der Waals surface area contributed by atoms with E-state index >= 15 is 0 Å². The molecule has 146 valence electrons. The van der Waals surface area contributed by atoms with Crippen molar-refractivity contribution in [1.82, 2.24) is 4.90 Å². The zero-order chi connectivity index (χ0) is 20.5. The molecular weight excluding hydrogens is 394 g/mol. The molecule has 1 aliphatic rings.